The molecule has 1 aromatic heterocycles. The lowest BCUT2D eigenvalue weighted by molar-refractivity contribution is 0.178. The molecule has 1 heterocycles. The second-order valence-corrected chi connectivity index (χ2v) is 4.98. The van der Waals surface area contributed by atoms with Gasteiger partial charge in [0, 0.05) is 6.04 Å². The number of thiophene rings is 1. The Morgan fingerprint density at radius 2 is 2.12 bits per heavy atom. The van der Waals surface area contributed by atoms with Crippen LogP contribution in [-0.2, 0) is 0 Å². The van der Waals surface area contributed by atoms with Gasteiger partial charge in [0.2, 0.25) is 0 Å². The lowest BCUT2D eigenvalue weighted by atomic mass is 9.98. The molecule has 0 aromatic carbocycles. The molecule has 92 valence electrons. The number of rotatable bonds is 7. The lowest BCUT2D eigenvalue weighted by Gasteiger charge is -2.34. The highest BCUT2D eigenvalue weighted by Gasteiger charge is 2.24. The van der Waals surface area contributed by atoms with Gasteiger partial charge >= 0.3 is 0 Å². The van der Waals surface area contributed by atoms with E-state index >= 15 is 0 Å². The smallest absolute Gasteiger partial charge is 0.0507 e. The van der Waals surface area contributed by atoms with Crippen molar-refractivity contribution in [2.45, 2.75) is 45.7 Å². The molecule has 2 unspecified atom stereocenters. The van der Waals surface area contributed by atoms with Crippen LogP contribution in [0.4, 0.5) is 0 Å². The minimum atomic E-state index is 0.237. The van der Waals surface area contributed by atoms with Gasteiger partial charge in [-0.05, 0) is 48.3 Å². The summed E-state index contributed by atoms with van der Waals surface area (Å²) in [6.45, 7) is 8.82. The first kappa shape index (κ1) is 13.7. The van der Waals surface area contributed by atoms with Crippen molar-refractivity contribution in [1.29, 1.82) is 0 Å². The van der Waals surface area contributed by atoms with Gasteiger partial charge in [0.25, 0.3) is 0 Å². The molecule has 0 spiro atoms. The number of likely N-dealkylation sites (N-methyl/N-ethyl adjacent to an activating group) is 1. The third-order valence-electron chi connectivity index (χ3n) is 3.07. The zero-order valence-corrected chi connectivity index (χ0v) is 11.5. The molecular weight excluding hydrogens is 216 g/mol. The van der Waals surface area contributed by atoms with E-state index in [0.717, 1.165) is 19.5 Å². The van der Waals surface area contributed by atoms with Gasteiger partial charge in [0.1, 0.15) is 0 Å². The monoisotopic (exact) mass is 240 g/mol. The zero-order chi connectivity index (χ0) is 12.0. The Morgan fingerprint density at radius 3 is 2.56 bits per heavy atom. The fraction of sp³-hybridized carbons (Fsp3) is 0.692. The summed E-state index contributed by atoms with van der Waals surface area (Å²) in [6.07, 6.45) is 2.21. The molecule has 0 saturated heterocycles. The van der Waals surface area contributed by atoms with Crippen molar-refractivity contribution in [2.24, 2.45) is 5.73 Å². The molecule has 0 aliphatic carbocycles. The molecule has 0 amide bonds. The molecule has 1 rings (SSSR count). The van der Waals surface area contributed by atoms with Crippen molar-refractivity contribution in [3.8, 4) is 0 Å². The summed E-state index contributed by atoms with van der Waals surface area (Å²) >= 11 is 1.76. The van der Waals surface area contributed by atoms with Crippen LogP contribution in [0.3, 0.4) is 0 Å². The largest absolute Gasteiger partial charge is 0.326 e. The van der Waals surface area contributed by atoms with E-state index < -0.39 is 0 Å². The first-order valence-corrected chi connectivity index (χ1v) is 7.20. The summed E-state index contributed by atoms with van der Waals surface area (Å²) in [6, 6.07) is 2.84. The molecule has 0 fully saturated rings. The molecule has 2 N–H and O–H groups in total. The third-order valence-corrected chi connectivity index (χ3v) is 3.77. The number of nitrogens with two attached hydrogens (primary N) is 1. The van der Waals surface area contributed by atoms with Crippen LogP contribution in [0.5, 0.6) is 0 Å². The highest BCUT2D eigenvalue weighted by atomic mass is 32.1. The van der Waals surface area contributed by atoms with Crippen molar-refractivity contribution in [1.82, 2.24) is 4.90 Å². The average Bonchev–Trinajstić information content (AvgIpc) is 2.81. The summed E-state index contributed by atoms with van der Waals surface area (Å²) < 4.78 is 0. The highest BCUT2D eigenvalue weighted by molar-refractivity contribution is 7.07. The quantitative estimate of drug-likeness (QED) is 0.792. The van der Waals surface area contributed by atoms with Crippen LogP contribution in [0.1, 0.15) is 45.2 Å². The minimum Gasteiger partial charge on any atom is -0.326 e. The molecule has 0 aliphatic heterocycles. The second kappa shape index (κ2) is 7.05. The molecule has 0 aliphatic rings. The van der Waals surface area contributed by atoms with Crippen LogP contribution in [0.25, 0.3) is 0 Å². The summed E-state index contributed by atoms with van der Waals surface area (Å²) in [4.78, 5) is 2.50. The van der Waals surface area contributed by atoms with E-state index in [9.17, 15) is 0 Å². The Hall–Kier alpha value is -0.380. The molecule has 2 atom stereocenters. The molecule has 2 nitrogen and oxygen atoms in total. The van der Waals surface area contributed by atoms with E-state index in [-0.39, 0.29) is 6.04 Å². The van der Waals surface area contributed by atoms with Gasteiger partial charge in [0.05, 0.1) is 6.04 Å². The van der Waals surface area contributed by atoms with Crippen molar-refractivity contribution >= 4 is 11.3 Å². The summed E-state index contributed by atoms with van der Waals surface area (Å²) in [5.41, 5.74) is 7.66. The first-order chi connectivity index (χ1) is 7.74. The number of hydrogen-bond acceptors (Lipinski definition) is 3. The normalized spacial score (nSPS) is 15.3. The fourth-order valence-corrected chi connectivity index (χ4v) is 2.87. The van der Waals surface area contributed by atoms with E-state index in [1.54, 1.807) is 11.3 Å². The van der Waals surface area contributed by atoms with Crippen molar-refractivity contribution in [3.05, 3.63) is 22.4 Å². The lowest BCUT2D eigenvalue weighted by Crippen LogP contribution is -2.41. The second-order valence-electron chi connectivity index (χ2n) is 4.20. The van der Waals surface area contributed by atoms with E-state index in [4.69, 9.17) is 5.73 Å². The Morgan fingerprint density at radius 1 is 1.38 bits per heavy atom. The van der Waals surface area contributed by atoms with Crippen LogP contribution >= 0.6 is 11.3 Å². The van der Waals surface area contributed by atoms with E-state index in [2.05, 4.69) is 42.5 Å². The Labute approximate surface area is 103 Å². The summed E-state index contributed by atoms with van der Waals surface area (Å²) in [5, 5.41) is 4.38. The van der Waals surface area contributed by atoms with Gasteiger partial charge in [-0.1, -0.05) is 20.8 Å². The topological polar surface area (TPSA) is 29.3 Å². The maximum atomic E-state index is 6.28. The minimum absolute atomic E-state index is 0.237. The summed E-state index contributed by atoms with van der Waals surface area (Å²) in [5.74, 6) is 0. The first-order valence-electron chi connectivity index (χ1n) is 6.26. The van der Waals surface area contributed by atoms with Gasteiger partial charge in [0.15, 0.2) is 0 Å². The van der Waals surface area contributed by atoms with E-state index in [1.165, 1.54) is 12.0 Å². The van der Waals surface area contributed by atoms with E-state index in [1.807, 2.05) is 0 Å². The molecule has 16 heavy (non-hydrogen) atoms. The SMILES string of the molecule is CCCN(CC)C(c1ccsc1)C(N)CC. The van der Waals surface area contributed by atoms with Gasteiger partial charge in [-0.3, -0.25) is 4.90 Å². The maximum Gasteiger partial charge on any atom is 0.0507 e. The highest BCUT2D eigenvalue weighted by Crippen LogP contribution is 2.26. The fourth-order valence-electron chi connectivity index (χ4n) is 2.18. The Balaban J connectivity index is 2.85. The molecule has 3 heteroatoms. The van der Waals surface area contributed by atoms with Crippen LogP contribution in [0.2, 0.25) is 0 Å². The van der Waals surface area contributed by atoms with Gasteiger partial charge in [-0.2, -0.15) is 11.3 Å². The standard InChI is InChI=1S/C13H24N2S/c1-4-8-15(6-3)13(12(14)5-2)11-7-9-16-10-11/h7,9-10,12-13H,4-6,8,14H2,1-3H3. The molecule has 0 saturated carbocycles. The molecular formula is C13H24N2S. The Bertz CT molecular complexity index is 271. The van der Waals surface area contributed by atoms with Crippen LogP contribution in [0.15, 0.2) is 16.8 Å². The predicted octanol–water partition coefficient (Wildman–Crippen LogP) is 3.26. The van der Waals surface area contributed by atoms with Crippen LogP contribution in [0, 0.1) is 0 Å². The van der Waals surface area contributed by atoms with Gasteiger partial charge in [-0.25, -0.2) is 0 Å². The van der Waals surface area contributed by atoms with Crippen molar-refractivity contribution in [3.63, 3.8) is 0 Å². The molecule has 0 bridgehead atoms. The Kier molecular flexibility index (Phi) is 6.03. The average molecular weight is 240 g/mol. The van der Waals surface area contributed by atoms with Crippen LogP contribution in [-0.4, -0.2) is 24.0 Å². The summed E-state index contributed by atoms with van der Waals surface area (Å²) in [7, 11) is 0. The number of hydrogen-bond donors (Lipinski definition) is 1. The molecule has 0 radical (unpaired) electrons. The predicted molar refractivity (Wildman–Crippen MR) is 72.9 cm³/mol. The maximum absolute atomic E-state index is 6.28. The zero-order valence-electron chi connectivity index (χ0n) is 10.6. The van der Waals surface area contributed by atoms with Crippen LogP contribution < -0.4 is 5.73 Å². The van der Waals surface area contributed by atoms with E-state index in [0.29, 0.717) is 6.04 Å². The third kappa shape index (κ3) is 3.30. The molecule has 1 aromatic rings. The van der Waals surface area contributed by atoms with Gasteiger partial charge < -0.3 is 5.73 Å². The van der Waals surface area contributed by atoms with Crippen molar-refractivity contribution in [2.75, 3.05) is 13.1 Å². The van der Waals surface area contributed by atoms with Gasteiger partial charge in [-0.15, -0.1) is 0 Å². The number of nitrogens with zero attached hydrogens (tertiary/aromatic N) is 1. The van der Waals surface area contributed by atoms with Crippen molar-refractivity contribution < 1.29 is 0 Å².